The van der Waals surface area contributed by atoms with Gasteiger partial charge in [-0.3, -0.25) is 5.32 Å². The van der Waals surface area contributed by atoms with Crippen LogP contribution in [-0.2, 0) is 5.41 Å². The number of amidine groups is 1. The Labute approximate surface area is 291 Å². The second-order valence-electron chi connectivity index (χ2n) is 13.2. The zero-order valence-corrected chi connectivity index (χ0v) is 27.3. The average Bonchev–Trinajstić information content (AvgIpc) is 3.48. The highest BCUT2D eigenvalue weighted by Crippen LogP contribution is 2.62. The number of rotatable bonds is 4. The van der Waals surface area contributed by atoms with Crippen LogP contribution in [0, 0.1) is 0 Å². The fourth-order valence-corrected chi connectivity index (χ4v) is 8.22. The maximum absolute atomic E-state index is 6.51. The molecule has 4 heteroatoms. The molecule has 3 aliphatic rings. The molecule has 0 amide bonds. The Bertz CT molecular complexity index is 2390. The van der Waals surface area contributed by atoms with Gasteiger partial charge in [0.15, 0.2) is 0 Å². The topological polar surface area (TPSA) is 45.6 Å². The number of fused-ring (bicyclic) bond motifs is 9. The molecule has 10 rings (SSSR count). The second kappa shape index (κ2) is 11.4. The highest BCUT2D eigenvalue weighted by atomic mass is 16.5. The number of hydrogen-bond donors (Lipinski definition) is 2. The maximum Gasteiger partial charge on any atom is 0.132 e. The van der Waals surface area contributed by atoms with Gasteiger partial charge in [-0.1, -0.05) is 152 Å². The summed E-state index contributed by atoms with van der Waals surface area (Å²) in [7, 11) is 0. The Kier molecular flexibility index (Phi) is 6.58. The minimum absolute atomic E-state index is 0.0875. The van der Waals surface area contributed by atoms with Gasteiger partial charge in [0.05, 0.1) is 5.41 Å². The van der Waals surface area contributed by atoms with Crippen molar-refractivity contribution in [2.24, 2.45) is 4.99 Å². The first-order valence-electron chi connectivity index (χ1n) is 17.2. The third-order valence-corrected chi connectivity index (χ3v) is 10.4. The largest absolute Gasteiger partial charge is 0.457 e. The van der Waals surface area contributed by atoms with Crippen molar-refractivity contribution < 1.29 is 4.74 Å². The Hall–Kier alpha value is -6.23. The number of ether oxygens (including phenoxy) is 1. The zero-order chi connectivity index (χ0) is 33.1. The molecule has 50 heavy (non-hydrogen) atoms. The standard InChI is InChI=1S/C46H33N3O/c1-3-14-30(15-4-1)43-47-44(31-16-5-2-6-17-31)49-45(48-43)34-19-13-18-32(28-34)33-26-27-38-36(29-33)35-20-7-8-21-37(35)46(38)39-22-9-11-24-41(39)50-42-25-12-10-23-40(42)46/h1-29,43,45,48H,(H,47,49). The zero-order valence-electron chi connectivity index (χ0n) is 27.3. The fourth-order valence-electron chi connectivity index (χ4n) is 8.22. The molecule has 4 nitrogen and oxygen atoms in total. The molecule has 0 radical (unpaired) electrons. The summed E-state index contributed by atoms with van der Waals surface area (Å²) >= 11 is 0. The molecule has 1 aliphatic carbocycles. The lowest BCUT2D eigenvalue weighted by Gasteiger charge is -2.39. The van der Waals surface area contributed by atoms with Gasteiger partial charge in [0, 0.05) is 16.7 Å². The molecule has 2 aliphatic heterocycles. The van der Waals surface area contributed by atoms with Crippen molar-refractivity contribution in [2.75, 3.05) is 0 Å². The van der Waals surface area contributed by atoms with Crippen LogP contribution in [0.2, 0.25) is 0 Å². The van der Waals surface area contributed by atoms with Crippen LogP contribution < -0.4 is 15.4 Å². The first-order valence-corrected chi connectivity index (χ1v) is 17.2. The van der Waals surface area contributed by atoms with Crippen LogP contribution in [0.3, 0.4) is 0 Å². The lowest BCUT2D eigenvalue weighted by atomic mass is 9.66. The van der Waals surface area contributed by atoms with E-state index >= 15 is 0 Å². The summed E-state index contributed by atoms with van der Waals surface area (Å²) in [6.45, 7) is 0. The first kappa shape index (κ1) is 28.8. The molecule has 2 unspecified atom stereocenters. The second-order valence-corrected chi connectivity index (χ2v) is 13.2. The first-order chi connectivity index (χ1) is 24.8. The van der Waals surface area contributed by atoms with Crippen LogP contribution >= 0.6 is 0 Å². The Balaban J connectivity index is 1.10. The molecule has 0 aromatic heterocycles. The van der Waals surface area contributed by atoms with Crippen LogP contribution in [0.5, 0.6) is 11.5 Å². The summed E-state index contributed by atoms with van der Waals surface area (Å²) in [6, 6.07) is 62.6. The molecular weight excluding hydrogens is 611 g/mol. The monoisotopic (exact) mass is 643 g/mol. The molecule has 0 saturated heterocycles. The van der Waals surface area contributed by atoms with E-state index in [-0.39, 0.29) is 12.3 Å². The van der Waals surface area contributed by atoms with Gasteiger partial charge in [0.2, 0.25) is 0 Å². The Morgan fingerprint density at radius 2 is 1.04 bits per heavy atom. The normalized spacial score (nSPS) is 17.7. The number of nitrogens with zero attached hydrogens (tertiary/aromatic N) is 1. The summed E-state index contributed by atoms with van der Waals surface area (Å²) in [5.41, 5.74) is 12.7. The molecule has 2 N–H and O–H groups in total. The number of nitrogens with one attached hydrogen (secondary N) is 2. The van der Waals surface area contributed by atoms with Crippen molar-refractivity contribution in [3.8, 4) is 33.8 Å². The summed E-state index contributed by atoms with van der Waals surface area (Å²) in [6.07, 6.45) is -0.319. The Morgan fingerprint density at radius 1 is 0.460 bits per heavy atom. The van der Waals surface area contributed by atoms with Gasteiger partial charge >= 0.3 is 0 Å². The summed E-state index contributed by atoms with van der Waals surface area (Å²) in [4.78, 5) is 5.20. The van der Waals surface area contributed by atoms with E-state index in [1.54, 1.807) is 0 Å². The van der Waals surface area contributed by atoms with Gasteiger partial charge in [0.25, 0.3) is 0 Å². The van der Waals surface area contributed by atoms with Crippen molar-refractivity contribution >= 4 is 5.84 Å². The molecule has 0 fully saturated rings. The fraction of sp³-hybridized carbons (Fsp3) is 0.0652. The van der Waals surface area contributed by atoms with Gasteiger partial charge in [-0.2, -0.15) is 0 Å². The van der Waals surface area contributed by atoms with Crippen LogP contribution in [0.4, 0.5) is 0 Å². The van der Waals surface area contributed by atoms with Gasteiger partial charge < -0.3 is 10.1 Å². The molecule has 238 valence electrons. The maximum atomic E-state index is 6.51. The van der Waals surface area contributed by atoms with Gasteiger partial charge in [-0.05, 0) is 68.8 Å². The molecule has 0 saturated carbocycles. The predicted octanol–water partition coefficient (Wildman–Crippen LogP) is 10.2. The van der Waals surface area contributed by atoms with Crippen molar-refractivity contribution in [1.29, 1.82) is 0 Å². The third-order valence-electron chi connectivity index (χ3n) is 10.4. The third kappa shape index (κ3) is 4.39. The SMILES string of the molecule is c1ccc(C2=NC(c3cccc(-c4ccc5c(c4)-c4ccccc4C54c5ccccc5Oc5ccccc54)c3)NC(c3ccccc3)N2)cc1. The smallest absolute Gasteiger partial charge is 0.132 e. The lowest BCUT2D eigenvalue weighted by molar-refractivity contribution is 0.409. The van der Waals surface area contributed by atoms with E-state index in [2.05, 4.69) is 180 Å². The number of aliphatic imine (C=N–C) groups is 1. The van der Waals surface area contributed by atoms with Gasteiger partial charge in [-0.15, -0.1) is 0 Å². The average molecular weight is 644 g/mol. The number of para-hydroxylation sites is 2. The van der Waals surface area contributed by atoms with Crippen LogP contribution in [0.25, 0.3) is 22.3 Å². The van der Waals surface area contributed by atoms with Crippen LogP contribution in [-0.4, -0.2) is 5.84 Å². The molecular formula is C46H33N3O. The van der Waals surface area contributed by atoms with Crippen molar-refractivity contribution in [2.45, 2.75) is 17.7 Å². The van der Waals surface area contributed by atoms with Crippen molar-refractivity contribution in [3.05, 3.63) is 215 Å². The van der Waals surface area contributed by atoms with E-state index in [4.69, 9.17) is 9.73 Å². The number of benzene rings is 7. The molecule has 0 bridgehead atoms. The Morgan fingerprint density at radius 3 is 1.80 bits per heavy atom. The summed E-state index contributed by atoms with van der Waals surface area (Å²) in [5.74, 6) is 2.69. The van der Waals surface area contributed by atoms with Gasteiger partial charge in [-0.25, -0.2) is 4.99 Å². The van der Waals surface area contributed by atoms with E-state index < -0.39 is 5.41 Å². The molecule has 2 atom stereocenters. The van der Waals surface area contributed by atoms with Crippen LogP contribution in [0.15, 0.2) is 181 Å². The van der Waals surface area contributed by atoms with Crippen LogP contribution in [0.1, 0.15) is 51.3 Å². The van der Waals surface area contributed by atoms with E-state index in [1.807, 2.05) is 6.07 Å². The minimum atomic E-state index is -0.467. The highest BCUT2D eigenvalue weighted by Gasteiger charge is 2.50. The van der Waals surface area contributed by atoms with E-state index in [0.29, 0.717) is 0 Å². The number of hydrogen-bond acceptors (Lipinski definition) is 4. The van der Waals surface area contributed by atoms with Crippen molar-refractivity contribution in [3.63, 3.8) is 0 Å². The van der Waals surface area contributed by atoms with Crippen molar-refractivity contribution in [1.82, 2.24) is 10.6 Å². The van der Waals surface area contributed by atoms with E-state index in [0.717, 1.165) is 34.0 Å². The molecule has 2 heterocycles. The van der Waals surface area contributed by atoms with E-state index in [1.165, 1.54) is 44.5 Å². The van der Waals surface area contributed by atoms with E-state index in [9.17, 15) is 0 Å². The van der Waals surface area contributed by atoms with Gasteiger partial charge in [0.1, 0.15) is 29.7 Å². The molecule has 7 aromatic carbocycles. The quantitative estimate of drug-likeness (QED) is 0.201. The summed E-state index contributed by atoms with van der Waals surface area (Å²) in [5, 5.41) is 7.41. The molecule has 7 aromatic rings. The lowest BCUT2D eigenvalue weighted by Crippen LogP contribution is -2.44. The highest BCUT2D eigenvalue weighted by molar-refractivity contribution is 5.99. The molecule has 1 spiro atoms. The minimum Gasteiger partial charge on any atom is -0.457 e. The summed E-state index contributed by atoms with van der Waals surface area (Å²) < 4.78 is 6.51. The predicted molar refractivity (Wildman–Crippen MR) is 200 cm³/mol.